The van der Waals surface area contributed by atoms with E-state index < -0.39 is 12.1 Å². The summed E-state index contributed by atoms with van der Waals surface area (Å²) < 4.78 is 11.6. The van der Waals surface area contributed by atoms with E-state index in [0.717, 1.165) is 23.1 Å². The van der Waals surface area contributed by atoms with E-state index in [1.165, 1.54) is 24.2 Å². The molecular weight excluding hydrogens is 648 g/mol. The first-order valence-corrected chi connectivity index (χ1v) is 16.3. The fourth-order valence-electron chi connectivity index (χ4n) is 5.68. The number of aromatic nitrogens is 5. The molecule has 3 heterocycles. The summed E-state index contributed by atoms with van der Waals surface area (Å²) in [4.78, 5) is 45.5. The van der Waals surface area contributed by atoms with Crippen molar-refractivity contribution in [2.24, 2.45) is 0 Å². The van der Waals surface area contributed by atoms with E-state index in [2.05, 4.69) is 31.1 Å². The van der Waals surface area contributed by atoms with Gasteiger partial charge in [0, 0.05) is 54.8 Å². The van der Waals surface area contributed by atoms with Crippen LogP contribution >= 0.6 is 11.6 Å². The third kappa shape index (κ3) is 9.27. The molecule has 2 amide bonds. The lowest BCUT2D eigenvalue weighted by Crippen LogP contribution is -2.42. The second-order valence-corrected chi connectivity index (χ2v) is 12.1. The number of carbonyl (C=O) groups is 3. The fourth-order valence-corrected chi connectivity index (χ4v) is 5.86. The van der Waals surface area contributed by atoms with E-state index >= 15 is 0 Å². The van der Waals surface area contributed by atoms with Crippen molar-refractivity contribution in [1.82, 2.24) is 35.4 Å². The molecule has 0 fully saturated rings. The van der Waals surface area contributed by atoms with Crippen LogP contribution in [0.4, 0.5) is 5.69 Å². The molecule has 0 radical (unpaired) electrons. The van der Waals surface area contributed by atoms with Gasteiger partial charge in [0.05, 0.1) is 37.6 Å². The molecule has 5 rings (SSSR count). The van der Waals surface area contributed by atoms with Crippen molar-refractivity contribution < 1.29 is 23.9 Å². The molecule has 2 bridgehead atoms. The molecule has 0 aliphatic carbocycles. The summed E-state index contributed by atoms with van der Waals surface area (Å²) >= 11 is 6.26. The molecule has 256 valence electrons. The average molecular weight is 687 g/mol. The number of carbonyl (C=O) groups excluding carboxylic acids is 3. The Labute approximate surface area is 289 Å². The molecule has 0 spiro atoms. The molecule has 0 saturated heterocycles. The first-order chi connectivity index (χ1) is 23.7. The number of methoxy groups -OCH3 is 2. The Kier molecular flexibility index (Phi) is 12.1. The predicted octanol–water partition coefficient (Wildman–Crippen LogP) is 4.42. The maximum Gasteiger partial charge on any atom is 0.309 e. The Morgan fingerprint density at radius 2 is 1.94 bits per heavy atom. The quantitative estimate of drug-likeness (QED) is 0.181. The topological polar surface area (TPSA) is 153 Å². The van der Waals surface area contributed by atoms with Gasteiger partial charge >= 0.3 is 5.97 Å². The highest BCUT2D eigenvalue weighted by molar-refractivity contribution is 6.30. The summed E-state index contributed by atoms with van der Waals surface area (Å²) in [6.45, 7) is 0.866. The number of tetrazole rings is 1. The van der Waals surface area contributed by atoms with Gasteiger partial charge in [-0.15, -0.1) is 5.10 Å². The number of nitrogens with one attached hydrogen (secondary N) is 2. The molecule has 1 aliphatic heterocycles. The van der Waals surface area contributed by atoms with Gasteiger partial charge < -0.3 is 25.0 Å². The third-order valence-corrected chi connectivity index (χ3v) is 8.53. The highest BCUT2D eigenvalue weighted by Gasteiger charge is 2.25. The van der Waals surface area contributed by atoms with Gasteiger partial charge in [-0.3, -0.25) is 19.4 Å². The number of hydrogen-bond acceptors (Lipinski definition) is 10. The second-order valence-electron chi connectivity index (χ2n) is 11.7. The molecule has 2 atom stereocenters. The monoisotopic (exact) mass is 686 g/mol. The Bertz CT molecular complexity index is 1800. The number of pyridine rings is 1. The highest BCUT2D eigenvalue weighted by Crippen LogP contribution is 2.33. The van der Waals surface area contributed by atoms with Crippen LogP contribution in [-0.4, -0.2) is 88.3 Å². The van der Waals surface area contributed by atoms with E-state index in [1.807, 2.05) is 30.3 Å². The van der Waals surface area contributed by atoms with Crippen LogP contribution in [0.5, 0.6) is 0 Å². The molecule has 4 aromatic rings. The Balaban J connectivity index is 1.45. The van der Waals surface area contributed by atoms with Gasteiger partial charge in [-0.2, -0.15) is 4.68 Å². The minimum atomic E-state index is -0.530. The summed E-state index contributed by atoms with van der Waals surface area (Å²) in [5.41, 5.74) is 5.16. The van der Waals surface area contributed by atoms with E-state index in [1.54, 1.807) is 49.5 Å². The summed E-state index contributed by atoms with van der Waals surface area (Å²) in [6, 6.07) is 13.8. The van der Waals surface area contributed by atoms with E-state index in [-0.39, 0.29) is 24.2 Å². The van der Waals surface area contributed by atoms with Gasteiger partial charge in [0.1, 0.15) is 12.4 Å². The first kappa shape index (κ1) is 35.2. The number of rotatable bonds is 10. The largest absolute Gasteiger partial charge is 0.469 e. The second kappa shape index (κ2) is 16.8. The van der Waals surface area contributed by atoms with Gasteiger partial charge in [0.2, 0.25) is 11.8 Å². The molecule has 14 heteroatoms. The van der Waals surface area contributed by atoms with Gasteiger partial charge in [-0.25, -0.2) is 0 Å². The molecule has 1 aliphatic rings. The van der Waals surface area contributed by atoms with Gasteiger partial charge in [-0.05, 0) is 76.9 Å². The van der Waals surface area contributed by atoms with Gasteiger partial charge in [-0.1, -0.05) is 36.6 Å². The Hall–Kier alpha value is -5.14. The van der Waals surface area contributed by atoms with Crippen molar-refractivity contribution in [3.05, 3.63) is 89.0 Å². The maximum atomic E-state index is 13.7. The zero-order valence-corrected chi connectivity index (χ0v) is 28.4. The SMILES string of the molecule is COCCN(C)C(=O)[C@H]1CCCC[C@H](NC(=O)/C=C/c2cc(Cl)ccc2-n2cnnn2)c2cc(ccn2)-c2ccc(CC(=O)OC)cc2N1. The van der Waals surface area contributed by atoms with Crippen LogP contribution in [-0.2, 0) is 30.3 Å². The van der Waals surface area contributed by atoms with Crippen molar-refractivity contribution in [3.8, 4) is 16.8 Å². The van der Waals surface area contributed by atoms with Crippen LogP contribution < -0.4 is 10.6 Å². The zero-order valence-electron chi connectivity index (χ0n) is 27.6. The summed E-state index contributed by atoms with van der Waals surface area (Å²) in [6.07, 6.45) is 8.97. The number of benzene rings is 2. The normalized spacial score (nSPS) is 16.1. The fraction of sp³-hybridized carbons (Fsp3) is 0.343. The molecule has 0 saturated carbocycles. The summed E-state index contributed by atoms with van der Waals surface area (Å²) in [7, 11) is 4.72. The standard InChI is InChI=1S/C35H39ClN8O5/c1-43(16-17-48-2)35(47)29-7-5-4-6-28(40-33(45)13-9-25-20-26(36)10-12-32(25)44-22-38-41-42-44)31-21-24(14-15-37-31)27-11-8-23(18-30(27)39-29)19-34(46)49-3/h8-15,18,20-22,28-29,39H,4-7,16-17,19H2,1-3H3,(H,40,45)/b13-9+/t28-,29+/m0/s1. The Morgan fingerprint density at radius 1 is 1.10 bits per heavy atom. The lowest BCUT2D eigenvalue weighted by Gasteiger charge is -2.27. The zero-order chi connectivity index (χ0) is 34.8. The first-order valence-electron chi connectivity index (χ1n) is 15.9. The number of ether oxygens (including phenoxy) is 2. The molecule has 2 aromatic heterocycles. The molecule has 13 nitrogen and oxygen atoms in total. The number of hydrogen-bond donors (Lipinski definition) is 2. The van der Waals surface area contributed by atoms with Gasteiger partial charge in [0.25, 0.3) is 0 Å². The number of likely N-dealkylation sites (N-methyl/N-ethyl adjacent to an activating group) is 1. The maximum absolute atomic E-state index is 13.7. The van der Waals surface area contributed by atoms with Crippen LogP contribution in [0.25, 0.3) is 22.9 Å². The number of halogens is 1. The van der Waals surface area contributed by atoms with Crippen LogP contribution in [0.2, 0.25) is 5.02 Å². The van der Waals surface area contributed by atoms with Crippen LogP contribution in [0.15, 0.2) is 67.1 Å². The van der Waals surface area contributed by atoms with Crippen LogP contribution in [0.1, 0.15) is 48.5 Å². The van der Waals surface area contributed by atoms with E-state index in [0.29, 0.717) is 60.1 Å². The average Bonchev–Trinajstić information content (AvgIpc) is 3.65. The summed E-state index contributed by atoms with van der Waals surface area (Å²) in [5, 5.41) is 18.5. The minimum Gasteiger partial charge on any atom is -0.469 e. The molecule has 49 heavy (non-hydrogen) atoms. The molecular formula is C35H39ClN8O5. The summed E-state index contributed by atoms with van der Waals surface area (Å²) in [5.74, 6) is -0.735. The molecule has 0 unspecified atom stereocenters. The number of anilines is 1. The van der Waals surface area contributed by atoms with Crippen molar-refractivity contribution in [3.63, 3.8) is 0 Å². The minimum absolute atomic E-state index is 0.0640. The van der Waals surface area contributed by atoms with Crippen LogP contribution in [0, 0.1) is 0 Å². The van der Waals surface area contributed by atoms with E-state index in [9.17, 15) is 14.4 Å². The number of amides is 2. The van der Waals surface area contributed by atoms with Crippen molar-refractivity contribution in [2.75, 3.05) is 39.7 Å². The van der Waals surface area contributed by atoms with Crippen molar-refractivity contribution >= 4 is 41.1 Å². The van der Waals surface area contributed by atoms with Crippen LogP contribution in [0.3, 0.4) is 0 Å². The number of nitrogens with zero attached hydrogens (tertiary/aromatic N) is 6. The predicted molar refractivity (Wildman–Crippen MR) is 185 cm³/mol. The van der Waals surface area contributed by atoms with Crippen molar-refractivity contribution in [1.29, 1.82) is 0 Å². The van der Waals surface area contributed by atoms with Gasteiger partial charge in [0.15, 0.2) is 0 Å². The highest BCUT2D eigenvalue weighted by atomic mass is 35.5. The lowest BCUT2D eigenvalue weighted by atomic mass is 9.95. The number of esters is 1. The Morgan fingerprint density at radius 3 is 2.71 bits per heavy atom. The third-order valence-electron chi connectivity index (χ3n) is 8.30. The van der Waals surface area contributed by atoms with E-state index in [4.69, 9.17) is 21.1 Å². The lowest BCUT2D eigenvalue weighted by molar-refractivity contribution is -0.139. The smallest absolute Gasteiger partial charge is 0.309 e. The molecule has 2 aromatic carbocycles. The van der Waals surface area contributed by atoms with Crippen molar-refractivity contribution in [2.45, 2.75) is 44.2 Å². The number of fused-ring (bicyclic) bond motifs is 4. The molecule has 2 N–H and O–H groups in total.